The first kappa shape index (κ1) is 13.0. The van der Waals surface area contributed by atoms with Crippen LogP contribution >= 0.6 is 11.3 Å². The molecule has 0 spiro atoms. The van der Waals surface area contributed by atoms with E-state index in [0.717, 1.165) is 24.3 Å². The normalized spacial score (nSPS) is 20.6. The Morgan fingerprint density at radius 3 is 2.76 bits per heavy atom. The third-order valence-electron chi connectivity index (χ3n) is 3.71. The molecule has 1 aliphatic carbocycles. The van der Waals surface area contributed by atoms with E-state index < -0.39 is 6.10 Å². The fourth-order valence-electron chi connectivity index (χ4n) is 2.57. The first-order valence-electron chi connectivity index (χ1n) is 6.29. The van der Waals surface area contributed by atoms with Gasteiger partial charge in [-0.25, -0.2) is 0 Å². The van der Waals surface area contributed by atoms with Crippen LogP contribution in [-0.4, -0.2) is 29.9 Å². The summed E-state index contributed by atoms with van der Waals surface area (Å²) in [4.78, 5) is 1.00. The van der Waals surface area contributed by atoms with Crippen molar-refractivity contribution in [3.8, 4) is 0 Å². The van der Waals surface area contributed by atoms with Crippen LogP contribution in [0.15, 0.2) is 17.5 Å². The predicted molar refractivity (Wildman–Crippen MR) is 70.1 cm³/mol. The maximum Gasteiger partial charge on any atom is 0.101 e. The van der Waals surface area contributed by atoms with Gasteiger partial charge in [-0.05, 0) is 24.3 Å². The summed E-state index contributed by atoms with van der Waals surface area (Å²) < 4.78 is 0. The second-order valence-corrected chi connectivity index (χ2v) is 6.01. The van der Waals surface area contributed by atoms with Crippen LogP contribution in [0.1, 0.15) is 36.7 Å². The van der Waals surface area contributed by atoms with E-state index in [1.54, 1.807) is 11.3 Å². The van der Waals surface area contributed by atoms with Gasteiger partial charge in [0.1, 0.15) is 6.10 Å². The van der Waals surface area contributed by atoms with Gasteiger partial charge in [-0.2, -0.15) is 0 Å². The first-order chi connectivity index (χ1) is 8.26. The molecule has 1 atom stereocenters. The van der Waals surface area contributed by atoms with Crippen LogP contribution in [0.5, 0.6) is 0 Å². The summed E-state index contributed by atoms with van der Waals surface area (Å²) in [5.41, 5.74) is 0.0647. The fraction of sp³-hybridized carbons (Fsp3) is 0.692. The molecule has 0 amide bonds. The lowest BCUT2D eigenvalue weighted by atomic mass is 9.87. The Labute approximate surface area is 106 Å². The number of nitrogens with one attached hydrogen (secondary N) is 1. The smallest absolute Gasteiger partial charge is 0.101 e. The Balaban J connectivity index is 1.75. The minimum Gasteiger partial charge on any atom is -0.396 e. The molecule has 2 rings (SSSR count). The molecule has 1 fully saturated rings. The fourth-order valence-corrected chi connectivity index (χ4v) is 3.28. The van der Waals surface area contributed by atoms with E-state index in [9.17, 15) is 10.2 Å². The molecule has 0 aliphatic heterocycles. The molecule has 0 aromatic carbocycles. The Bertz CT molecular complexity index is 320. The zero-order chi connectivity index (χ0) is 12.1. The average Bonchev–Trinajstić information content (AvgIpc) is 3.01. The molecule has 1 aromatic heterocycles. The van der Waals surface area contributed by atoms with Gasteiger partial charge in [0.25, 0.3) is 0 Å². The summed E-state index contributed by atoms with van der Waals surface area (Å²) in [6.07, 6.45) is 4.22. The Morgan fingerprint density at radius 1 is 1.41 bits per heavy atom. The molecule has 1 unspecified atom stereocenters. The van der Waals surface area contributed by atoms with Gasteiger partial charge in [0, 0.05) is 30.0 Å². The molecule has 1 aliphatic rings. The topological polar surface area (TPSA) is 52.5 Å². The molecule has 96 valence electrons. The van der Waals surface area contributed by atoms with Gasteiger partial charge in [0.05, 0.1) is 0 Å². The number of hydrogen-bond acceptors (Lipinski definition) is 4. The minimum atomic E-state index is -0.424. The van der Waals surface area contributed by atoms with E-state index in [1.165, 1.54) is 12.8 Å². The minimum absolute atomic E-state index is 0.0647. The first-order valence-corrected chi connectivity index (χ1v) is 7.17. The van der Waals surface area contributed by atoms with Gasteiger partial charge in [0.15, 0.2) is 0 Å². The van der Waals surface area contributed by atoms with Crippen LogP contribution in [0.25, 0.3) is 0 Å². The predicted octanol–water partition coefficient (Wildman–Crippen LogP) is 1.92. The molecule has 3 N–H and O–H groups in total. The SMILES string of the molecule is OCC1(CNCC(O)c2cccs2)CCCC1. The van der Waals surface area contributed by atoms with Crippen molar-refractivity contribution in [3.05, 3.63) is 22.4 Å². The molecule has 17 heavy (non-hydrogen) atoms. The second-order valence-electron chi connectivity index (χ2n) is 5.03. The maximum absolute atomic E-state index is 9.93. The van der Waals surface area contributed by atoms with E-state index >= 15 is 0 Å². The van der Waals surface area contributed by atoms with Gasteiger partial charge in [0.2, 0.25) is 0 Å². The van der Waals surface area contributed by atoms with Crippen LogP contribution in [0, 0.1) is 5.41 Å². The number of aliphatic hydroxyl groups is 2. The lowest BCUT2D eigenvalue weighted by molar-refractivity contribution is 0.117. The largest absolute Gasteiger partial charge is 0.396 e. The van der Waals surface area contributed by atoms with Crippen LogP contribution < -0.4 is 5.32 Å². The van der Waals surface area contributed by atoms with Gasteiger partial charge >= 0.3 is 0 Å². The molecule has 4 heteroatoms. The third-order valence-corrected chi connectivity index (χ3v) is 4.68. The highest BCUT2D eigenvalue weighted by molar-refractivity contribution is 7.10. The monoisotopic (exact) mass is 255 g/mol. The van der Waals surface area contributed by atoms with Crippen molar-refractivity contribution >= 4 is 11.3 Å². The van der Waals surface area contributed by atoms with E-state index in [2.05, 4.69) is 5.32 Å². The lowest BCUT2D eigenvalue weighted by Crippen LogP contribution is -2.36. The number of thiophene rings is 1. The summed E-state index contributed by atoms with van der Waals surface area (Å²) in [6, 6.07) is 3.91. The van der Waals surface area contributed by atoms with Gasteiger partial charge < -0.3 is 15.5 Å². The molecule has 1 heterocycles. The van der Waals surface area contributed by atoms with Crippen LogP contribution in [0.2, 0.25) is 0 Å². The summed E-state index contributed by atoms with van der Waals surface area (Å²) in [7, 11) is 0. The van der Waals surface area contributed by atoms with Crippen molar-refractivity contribution in [2.75, 3.05) is 19.7 Å². The third kappa shape index (κ3) is 3.28. The van der Waals surface area contributed by atoms with Gasteiger partial charge in [-0.3, -0.25) is 0 Å². The van der Waals surface area contributed by atoms with Crippen molar-refractivity contribution in [2.24, 2.45) is 5.41 Å². The van der Waals surface area contributed by atoms with E-state index in [1.807, 2.05) is 17.5 Å². The summed E-state index contributed by atoms with van der Waals surface area (Å²) in [5, 5.41) is 24.7. The molecule has 1 saturated carbocycles. The molecular weight excluding hydrogens is 234 g/mol. The quantitative estimate of drug-likeness (QED) is 0.728. The lowest BCUT2D eigenvalue weighted by Gasteiger charge is -2.27. The van der Waals surface area contributed by atoms with Crippen LogP contribution in [0.4, 0.5) is 0 Å². The van der Waals surface area contributed by atoms with Crippen molar-refractivity contribution in [1.82, 2.24) is 5.32 Å². The van der Waals surface area contributed by atoms with E-state index in [0.29, 0.717) is 6.54 Å². The molecular formula is C13H21NO2S. The van der Waals surface area contributed by atoms with Crippen molar-refractivity contribution in [1.29, 1.82) is 0 Å². The molecule has 0 bridgehead atoms. The van der Waals surface area contributed by atoms with Crippen LogP contribution in [0.3, 0.4) is 0 Å². The zero-order valence-corrected chi connectivity index (χ0v) is 10.9. The Morgan fingerprint density at radius 2 is 2.18 bits per heavy atom. The second kappa shape index (κ2) is 5.96. The molecule has 0 saturated heterocycles. The standard InChI is InChI=1S/C13H21NO2S/c15-10-13(5-1-2-6-13)9-14-8-11(16)12-4-3-7-17-12/h3-4,7,11,14-16H,1-2,5-6,8-10H2. The van der Waals surface area contributed by atoms with Gasteiger partial charge in [-0.1, -0.05) is 18.9 Å². The highest BCUT2D eigenvalue weighted by atomic mass is 32.1. The van der Waals surface area contributed by atoms with Crippen molar-refractivity contribution in [2.45, 2.75) is 31.8 Å². The van der Waals surface area contributed by atoms with Gasteiger partial charge in [-0.15, -0.1) is 11.3 Å². The maximum atomic E-state index is 9.93. The molecule has 0 radical (unpaired) electrons. The Kier molecular flexibility index (Phi) is 4.56. The van der Waals surface area contributed by atoms with E-state index in [-0.39, 0.29) is 12.0 Å². The highest BCUT2D eigenvalue weighted by Crippen LogP contribution is 2.36. The number of aliphatic hydroxyl groups excluding tert-OH is 2. The molecule has 3 nitrogen and oxygen atoms in total. The summed E-state index contributed by atoms with van der Waals surface area (Å²) in [5.74, 6) is 0. The zero-order valence-electron chi connectivity index (χ0n) is 10.1. The number of hydrogen-bond donors (Lipinski definition) is 3. The summed E-state index contributed by atoms with van der Waals surface area (Å²) >= 11 is 1.58. The molecule has 1 aromatic rings. The highest BCUT2D eigenvalue weighted by Gasteiger charge is 2.32. The van der Waals surface area contributed by atoms with E-state index in [4.69, 9.17) is 0 Å². The van der Waals surface area contributed by atoms with Crippen molar-refractivity contribution < 1.29 is 10.2 Å². The van der Waals surface area contributed by atoms with Crippen molar-refractivity contribution in [3.63, 3.8) is 0 Å². The Hall–Kier alpha value is -0.420. The number of rotatable bonds is 6. The average molecular weight is 255 g/mol. The summed E-state index contributed by atoms with van der Waals surface area (Å²) in [6.45, 7) is 1.64. The van der Waals surface area contributed by atoms with Crippen LogP contribution in [-0.2, 0) is 0 Å².